The lowest BCUT2D eigenvalue weighted by molar-refractivity contribution is -0.136. The van der Waals surface area contributed by atoms with Crippen molar-refractivity contribution in [1.82, 2.24) is 9.38 Å². The van der Waals surface area contributed by atoms with Crippen LogP contribution in [0.15, 0.2) is 24.5 Å². The van der Waals surface area contributed by atoms with Gasteiger partial charge in [0, 0.05) is 6.20 Å². The van der Waals surface area contributed by atoms with Crippen molar-refractivity contribution in [3.8, 4) is 0 Å². The minimum Gasteiger partial charge on any atom is -0.481 e. The Balaban J connectivity index is 2.49. The number of carboxylic acid groups (broad SMARTS) is 1. The van der Waals surface area contributed by atoms with Crippen LogP contribution >= 0.6 is 0 Å². The Morgan fingerprint density at radius 1 is 1.57 bits per heavy atom. The average molecular weight is 190 g/mol. The molecule has 0 bridgehead atoms. The van der Waals surface area contributed by atoms with Gasteiger partial charge in [-0.1, -0.05) is 6.07 Å². The van der Waals surface area contributed by atoms with Crippen molar-refractivity contribution in [2.75, 3.05) is 0 Å². The lowest BCUT2D eigenvalue weighted by Crippen LogP contribution is -2.01. The van der Waals surface area contributed by atoms with Gasteiger partial charge in [-0.15, -0.1) is 0 Å². The maximum atomic E-state index is 10.5. The molecule has 2 heterocycles. The van der Waals surface area contributed by atoms with E-state index in [2.05, 4.69) is 4.98 Å². The smallest absolute Gasteiger partial charge is 0.307 e. The van der Waals surface area contributed by atoms with Crippen LogP contribution in [0.4, 0.5) is 0 Å². The van der Waals surface area contributed by atoms with E-state index in [-0.39, 0.29) is 6.42 Å². The lowest BCUT2D eigenvalue weighted by atomic mass is 10.2. The molecular weight excluding hydrogens is 180 g/mol. The van der Waals surface area contributed by atoms with Crippen molar-refractivity contribution in [1.29, 1.82) is 0 Å². The zero-order chi connectivity index (χ0) is 10.1. The highest BCUT2D eigenvalue weighted by atomic mass is 16.4. The number of nitrogens with zero attached hydrogens (tertiary/aromatic N) is 2. The Morgan fingerprint density at radius 2 is 2.36 bits per heavy atom. The molecule has 0 aliphatic carbocycles. The monoisotopic (exact) mass is 190 g/mol. The van der Waals surface area contributed by atoms with Crippen LogP contribution in [0.25, 0.3) is 5.52 Å². The first-order valence-electron chi connectivity index (χ1n) is 4.31. The van der Waals surface area contributed by atoms with Crippen LogP contribution in [0.2, 0.25) is 0 Å². The topological polar surface area (TPSA) is 54.6 Å². The highest BCUT2D eigenvalue weighted by molar-refractivity contribution is 5.70. The molecule has 0 saturated carbocycles. The summed E-state index contributed by atoms with van der Waals surface area (Å²) in [6, 6.07) is 3.68. The van der Waals surface area contributed by atoms with Gasteiger partial charge in [0.25, 0.3) is 0 Å². The molecule has 4 heteroatoms. The number of imidazole rings is 1. The standard InChI is InChI=1S/C10H10N2O2/c1-7-11-5-9-3-2-8(4-10(13)14)6-12(7)9/h2-3,5-6H,4H2,1H3,(H,13,14). The van der Waals surface area contributed by atoms with Crippen molar-refractivity contribution in [2.24, 2.45) is 0 Å². The summed E-state index contributed by atoms with van der Waals surface area (Å²) in [5, 5.41) is 8.63. The second-order valence-electron chi connectivity index (χ2n) is 3.21. The van der Waals surface area contributed by atoms with E-state index >= 15 is 0 Å². The minimum absolute atomic E-state index is 0.0492. The molecule has 4 nitrogen and oxygen atoms in total. The molecule has 2 rings (SSSR count). The number of aliphatic carboxylic acids is 1. The molecule has 0 amide bonds. The summed E-state index contributed by atoms with van der Waals surface area (Å²) >= 11 is 0. The first-order chi connectivity index (χ1) is 6.66. The molecule has 0 aliphatic heterocycles. The molecule has 0 aromatic carbocycles. The highest BCUT2D eigenvalue weighted by Crippen LogP contribution is 2.09. The largest absolute Gasteiger partial charge is 0.481 e. The normalized spacial score (nSPS) is 10.6. The molecule has 2 aromatic heterocycles. The van der Waals surface area contributed by atoms with Gasteiger partial charge in [-0.2, -0.15) is 0 Å². The molecule has 72 valence electrons. The molecule has 14 heavy (non-hydrogen) atoms. The molecule has 2 aromatic rings. The van der Waals surface area contributed by atoms with Gasteiger partial charge in [-0.3, -0.25) is 4.79 Å². The fraction of sp³-hybridized carbons (Fsp3) is 0.200. The predicted octanol–water partition coefficient (Wildman–Crippen LogP) is 1.27. The minimum atomic E-state index is -0.817. The predicted molar refractivity (Wildman–Crippen MR) is 51.3 cm³/mol. The summed E-state index contributed by atoms with van der Waals surface area (Å²) in [6.07, 6.45) is 3.62. The van der Waals surface area contributed by atoms with E-state index in [1.807, 2.05) is 29.7 Å². The second kappa shape index (κ2) is 3.14. The Kier molecular flexibility index (Phi) is 1.96. The van der Waals surface area contributed by atoms with Gasteiger partial charge in [0.2, 0.25) is 0 Å². The van der Waals surface area contributed by atoms with E-state index in [0.717, 1.165) is 16.9 Å². The number of hydrogen-bond acceptors (Lipinski definition) is 2. The van der Waals surface area contributed by atoms with Gasteiger partial charge in [0.1, 0.15) is 5.82 Å². The van der Waals surface area contributed by atoms with E-state index in [1.165, 1.54) is 0 Å². The van der Waals surface area contributed by atoms with Crippen molar-refractivity contribution < 1.29 is 9.90 Å². The zero-order valence-corrected chi connectivity index (χ0v) is 7.77. The summed E-state index contributed by atoms with van der Waals surface area (Å²) in [7, 11) is 0. The van der Waals surface area contributed by atoms with Crippen LogP contribution in [0.3, 0.4) is 0 Å². The highest BCUT2D eigenvalue weighted by Gasteiger charge is 2.03. The van der Waals surface area contributed by atoms with Crippen LogP contribution < -0.4 is 0 Å². The van der Waals surface area contributed by atoms with Gasteiger partial charge < -0.3 is 9.51 Å². The Labute approximate surface area is 80.8 Å². The van der Waals surface area contributed by atoms with Gasteiger partial charge in [-0.25, -0.2) is 4.98 Å². The summed E-state index contributed by atoms with van der Waals surface area (Å²) in [5.41, 5.74) is 1.77. The van der Waals surface area contributed by atoms with Gasteiger partial charge >= 0.3 is 5.97 Å². The molecule has 0 spiro atoms. The number of aromatic nitrogens is 2. The number of fused-ring (bicyclic) bond motifs is 1. The van der Waals surface area contributed by atoms with Gasteiger partial charge in [-0.05, 0) is 18.6 Å². The van der Waals surface area contributed by atoms with E-state index in [1.54, 1.807) is 6.20 Å². The van der Waals surface area contributed by atoms with E-state index in [4.69, 9.17) is 5.11 Å². The van der Waals surface area contributed by atoms with Crippen LogP contribution in [-0.4, -0.2) is 20.5 Å². The third-order valence-corrected chi connectivity index (χ3v) is 2.13. The Bertz CT molecular complexity index is 488. The molecule has 0 radical (unpaired) electrons. The van der Waals surface area contributed by atoms with E-state index in [0.29, 0.717) is 0 Å². The molecule has 0 saturated heterocycles. The number of rotatable bonds is 2. The fourth-order valence-corrected chi connectivity index (χ4v) is 1.44. The number of carbonyl (C=O) groups is 1. The molecular formula is C10H10N2O2. The maximum absolute atomic E-state index is 10.5. The van der Waals surface area contributed by atoms with Crippen molar-refractivity contribution in [3.05, 3.63) is 35.9 Å². The van der Waals surface area contributed by atoms with Crippen LogP contribution in [0, 0.1) is 6.92 Å². The lowest BCUT2D eigenvalue weighted by Gasteiger charge is -2.00. The maximum Gasteiger partial charge on any atom is 0.307 e. The number of pyridine rings is 1. The summed E-state index contributed by atoms with van der Waals surface area (Å²) in [4.78, 5) is 14.6. The van der Waals surface area contributed by atoms with Crippen LogP contribution in [0.1, 0.15) is 11.4 Å². The molecule has 0 fully saturated rings. The van der Waals surface area contributed by atoms with Crippen molar-refractivity contribution in [3.63, 3.8) is 0 Å². The molecule has 0 unspecified atom stereocenters. The summed E-state index contributed by atoms with van der Waals surface area (Å²) < 4.78 is 1.89. The second-order valence-corrected chi connectivity index (χ2v) is 3.21. The van der Waals surface area contributed by atoms with Gasteiger partial charge in [0.05, 0.1) is 18.1 Å². The number of carboxylic acids is 1. The first-order valence-corrected chi connectivity index (χ1v) is 4.31. The van der Waals surface area contributed by atoms with Crippen molar-refractivity contribution in [2.45, 2.75) is 13.3 Å². The summed E-state index contributed by atoms with van der Waals surface area (Å²) in [6.45, 7) is 1.89. The number of aryl methyl sites for hydroxylation is 1. The first kappa shape index (κ1) is 8.74. The zero-order valence-electron chi connectivity index (χ0n) is 7.77. The number of hydrogen-bond donors (Lipinski definition) is 1. The molecule has 0 atom stereocenters. The SMILES string of the molecule is Cc1ncc2ccc(CC(=O)O)cn12. The van der Waals surface area contributed by atoms with Gasteiger partial charge in [0.15, 0.2) is 0 Å². The third kappa shape index (κ3) is 1.46. The van der Waals surface area contributed by atoms with Crippen molar-refractivity contribution >= 4 is 11.5 Å². The quantitative estimate of drug-likeness (QED) is 0.775. The van der Waals surface area contributed by atoms with Crippen LogP contribution in [-0.2, 0) is 11.2 Å². The van der Waals surface area contributed by atoms with Crippen LogP contribution in [0.5, 0.6) is 0 Å². The van der Waals surface area contributed by atoms with E-state index < -0.39 is 5.97 Å². The summed E-state index contributed by atoms with van der Waals surface area (Å²) in [5.74, 6) is 0.0503. The fourth-order valence-electron chi connectivity index (χ4n) is 1.44. The third-order valence-electron chi connectivity index (χ3n) is 2.13. The Morgan fingerprint density at radius 3 is 3.07 bits per heavy atom. The molecule has 1 N–H and O–H groups in total. The Hall–Kier alpha value is -1.84. The van der Waals surface area contributed by atoms with E-state index in [9.17, 15) is 4.79 Å². The average Bonchev–Trinajstić information content (AvgIpc) is 2.47. The molecule has 0 aliphatic rings.